The molecule has 9 heteroatoms. The lowest BCUT2D eigenvalue weighted by molar-refractivity contribution is 0.173. The molecule has 0 aromatic heterocycles. The number of fused-ring (bicyclic) bond motifs is 1. The average molecular weight is 417 g/mol. The SMILES string of the molecule is CN=C(NCCOc1ccc2c(c1)OCO2)NCc1cc(OC)c(OC)c(OC)c1. The van der Waals surface area contributed by atoms with Gasteiger partial charge in [0.2, 0.25) is 12.5 Å². The van der Waals surface area contributed by atoms with Gasteiger partial charge in [0.1, 0.15) is 12.4 Å². The lowest BCUT2D eigenvalue weighted by Gasteiger charge is -2.16. The van der Waals surface area contributed by atoms with Gasteiger partial charge in [-0.1, -0.05) is 0 Å². The van der Waals surface area contributed by atoms with E-state index in [2.05, 4.69) is 15.6 Å². The van der Waals surface area contributed by atoms with Gasteiger partial charge in [0.05, 0.1) is 27.9 Å². The molecule has 0 fully saturated rings. The molecule has 1 aliphatic heterocycles. The van der Waals surface area contributed by atoms with Gasteiger partial charge in [-0.3, -0.25) is 4.99 Å². The Morgan fingerprint density at radius 1 is 0.967 bits per heavy atom. The van der Waals surface area contributed by atoms with E-state index in [0.29, 0.717) is 48.7 Å². The number of hydrogen-bond acceptors (Lipinski definition) is 7. The molecule has 1 heterocycles. The zero-order chi connectivity index (χ0) is 21.3. The Morgan fingerprint density at radius 2 is 1.70 bits per heavy atom. The van der Waals surface area contributed by atoms with Crippen molar-refractivity contribution < 1.29 is 28.4 Å². The molecule has 1 aliphatic rings. The summed E-state index contributed by atoms with van der Waals surface area (Å²) in [5, 5.41) is 6.47. The maximum atomic E-state index is 5.75. The van der Waals surface area contributed by atoms with Gasteiger partial charge in [0, 0.05) is 19.7 Å². The molecule has 2 aromatic carbocycles. The number of rotatable bonds is 9. The number of ether oxygens (including phenoxy) is 6. The van der Waals surface area contributed by atoms with Gasteiger partial charge in [0.15, 0.2) is 29.0 Å². The second-order valence-electron chi connectivity index (χ2n) is 6.25. The summed E-state index contributed by atoms with van der Waals surface area (Å²) in [5.74, 6) is 4.58. The van der Waals surface area contributed by atoms with E-state index in [1.54, 1.807) is 28.4 Å². The average Bonchev–Trinajstić information content (AvgIpc) is 3.25. The zero-order valence-corrected chi connectivity index (χ0v) is 17.6. The van der Waals surface area contributed by atoms with Crippen molar-refractivity contribution in [1.29, 1.82) is 0 Å². The van der Waals surface area contributed by atoms with Gasteiger partial charge in [0.25, 0.3) is 0 Å². The molecule has 0 unspecified atom stereocenters. The van der Waals surface area contributed by atoms with Crippen LogP contribution in [0.15, 0.2) is 35.3 Å². The van der Waals surface area contributed by atoms with Crippen LogP contribution < -0.4 is 39.1 Å². The summed E-state index contributed by atoms with van der Waals surface area (Å²) in [5.41, 5.74) is 0.962. The van der Waals surface area contributed by atoms with Crippen LogP contribution in [0.3, 0.4) is 0 Å². The van der Waals surface area contributed by atoms with Crippen LogP contribution in [0.5, 0.6) is 34.5 Å². The monoisotopic (exact) mass is 417 g/mol. The van der Waals surface area contributed by atoms with E-state index in [9.17, 15) is 0 Å². The van der Waals surface area contributed by atoms with Crippen molar-refractivity contribution >= 4 is 5.96 Å². The largest absolute Gasteiger partial charge is 0.493 e. The molecular weight excluding hydrogens is 390 g/mol. The first-order chi connectivity index (χ1) is 14.7. The van der Waals surface area contributed by atoms with Crippen LogP contribution in [-0.4, -0.2) is 54.3 Å². The van der Waals surface area contributed by atoms with Crippen LogP contribution in [0, 0.1) is 0 Å². The topological polar surface area (TPSA) is 91.8 Å². The smallest absolute Gasteiger partial charge is 0.231 e. The first kappa shape index (κ1) is 21.2. The predicted molar refractivity (Wildman–Crippen MR) is 112 cm³/mol. The highest BCUT2D eigenvalue weighted by Gasteiger charge is 2.14. The Bertz CT molecular complexity index is 862. The maximum absolute atomic E-state index is 5.75. The normalized spacial score (nSPS) is 12.3. The van der Waals surface area contributed by atoms with Crippen molar-refractivity contribution in [3.63, 3.8) is 0 Å². The lowest BCUT2D eigenvalue weighted by atomic mass is 10.2. The van der Waals surface area contributed by atoms with Crippen LogP contribution in [0.4, 0.5) is 0 Å². The van der Waals surface area contributed by atoms with E-state index in [4.69, 9.17) is 28.4 Å². The van der Waals surface area contributed by atoms with Crippen molar-refractivity contribution in [2.24, 2.45) is 4.99 Å². The Morgan fingerprint density at radius 3 is 2.37 bits per heavy atom. The fraction of sp³-hybridized carbons (Fsp3) is 0.381. The van der Waals surface area contributed by atoms with Crippen molar-refractivity contribution in [3.05, 3.63) is 35.9 Å². The minimum atomic E-state index is 0.244. The molecule has 0 spiro atoms. The number of hydrogen-bond donors (Lipinski definition) is 2. The van der Waals surface area contributed by atoms with E-state index in [-0.39, 0.29) is 6.79 Å². The Kier molecular flexibility index (Phi) is 7.31. The lowest BCUT2D eigenvalue weighted by Crippen LogP contribution is -2.38. The Balaban J connectivity index is 1.48. The third kappa shape index (κ3) is 5.11. The maximum Gasteiger partial charge on any atom is 0.231 e. The van der Waals surface area contributed by atoms with Gasteiger partial charge < -0.3 is 39.1 Å². The highest BCUT2D eigenvalue weighted by molar-refractivity contribution is 5.79. The third-order valence-corrected chi connectivity index (χ3v) is 4.42. The van der Waals surface area contributed by atoms with E-state index in [1.165, 1.54) is 0 Å². The van der Waals surface area contributed by atoms with E-state index < -0.39 is 0 Å². The summed E-state index contributed by atoms with van der Waals surface area (Å²) in [6, 6.07) is 9.29. The molecule has 9 nitrogen and oxygen atoms in total. The summed E-state index contributed by atoms with van der Waals surface area (Å²) < 4.78 is 32.5. The number of benzene rings is 2. The molecule has 0 saturated carbocycles. The Labute approximate surface area is 175 Å². The standard InChI is InChI=1S/C21H27N3O6/c1-22-21(23-7-8-28-15-5-6-16-17(11-15)30-13-29-16)24-12-14-9-18(25-2)20(27-4)19(10-14)26-3/h5-6,9-11H,7-8,12-13H2,1-4H3,(H2,22,23,24). The number of methoxy groups -OCH3 is 3. The molecule has 0 radical (unpaired) electrons. The zero-order valence-electron chi connectivity index (χ0n) is 17.6. The van der Waals surface area contributed by atoms with E-state index in [0.717, 1.165) is 17.1 Å². The minimum Gasteiger partial charge on any atom is -0.493 e. The molecule has 0 aliphatic carbocycles. The van der Waals surface area contributed by atoms with E-state index in [1.807, 2.05) is 30.3 Å². The van der Waals surface area contributed by atoms with Gasteiger partial charge in [-0.15, -0.1) is 0 Å². The van der Waals surface area contributed by atoms with Crippen LogP contribution in [-0.2, 0) is 6.54 Å². The molecule has 0 bridgehead atoms. The molecule has 0 amide bonds. The van der Waals surface area contributed by atoms with Crippen LogP contribution in [0.25, 0.3) is 0 Å². The molecule has 30 heavy (non-hydrogen) atoms. The second kappa shape index (κ2) is 10.3. The quantitative estimate of drug-likeness (QED) is 0.365. The fourth-order valence-corrected chi connectivity index (χ4v) is 2.95. The number of nitrogens with one attached hydrogen (secondary N) is 2. The molecule has 2 aromatic rings. The van der Waals surface area contributed by atoms with Crippen molar-refractivity contribution in [2.75, 3.05) is 48.3 Å². The summed E-state index contributed by atoms with van der Waals surface area (Å²) in [6.45, 7) is 1.81. The summed E-state index contributed by atoms with van der Waals surface area (Å²) in [6.07, 6.45) is 0. The molecule has 0 atom stereocenters. The van der Waals surface area contributed by atoms with Crippen molar-refractivity contribution in [3.8, 4) is 34.5 Å². The highest BCUT2D eigenvalue weighted by atomic mass is 16.7. The first-order valence-corrected chi connectivity index (χ1v) is 9.44. The minimum absolute atomic E-state index is 0.244. The molecule has 2 N–H and O–H groups in total. The van der Waals surface area contributed by atoms with Crippen molar-refractivity contribution in [2.45, 2.75) is 6.54 Å². The predicted octanol–water partition coefficient (Wildman–Crippen LogP) is 2.19. The van der Waals surface area contributed by atoms with Gasteiger partial charge in [-0.2, -0.15) is 0 Å². The molecular formula is C21H27N3O6. The van der Waals surface area contributed by atoms with Crippen LogP contribution in [0.1, 0.15) is 5.56 Å². The van der Waals surface area contributed by atoms with Crippen molar-refractivity contribution in [1.82, 2.24) is 10.6 Å². The molecule has 162 valence electrons. The molecule has 3 rings (SSSR count). The third-order valence-electron chi connectivity index (χ3n) is 4.42. The highest BCUT2D eigenvalue weighted by Crippen LogP contribution is 2.38. The fourth-order valence-electron chi connectivity index (χ4n) is 2.95. The van der Waals surface area contributed by atoms with E-state index >= 15 is 0 Å². The summed E-state index contributed by atoms with van der Waals surface area (Å²) >= 11 is 0. The second-order valence-corrected chi connectivity index (χ2v) is 6.25. The summed E-state index contributed by atoms with van der Waals surface area (Å²) in [4.78, 5) is 4.23. The van der Waals surface area contributed by atoms with Crippen LogP contribution >= 0.6 is 0 Å². The Hall–Kier alpha value is -3.49. The number of guanidine groups is 1. The van der Waals surface area contributed by atoms with Gasteiger partial charge in [-0.25, -0.2) is 0 Å². The number of aliphatic imine (C=N–C) groups is 1. The number of nitrogens with zero attached hydrogens (tertiary/aromatic N) is 1. The van der Waals surface area contributed by atoms with Gasteiger partial charge in [-0.05, 0) is 29.8 Å². The van der Waals surface area contributed by atoms with Gasteiger partial charge >= 0.3 is 0 Å². The van der Waals surface area contributed by atoms with Crippen LogP contribution in [0.2, 0.25) is 0 Å². The summed E-state index contributed by atoms with van der Waals surface area (Å²) in [7, 11) is 6.48. The molecule has 0 saturated heterocycles. The first-order valence-electron chi connectivity index (χ1n) is 9.44.